The minimum absolute atomic E-state index is 0.0192. The zero-order chi connectivity index (χ0) is 17.3. The second kappa shape index (κ2) is 7.11. The Balaban J connectivity index is 1.93. The van der Waals surface area contributed by atoms with Gasteiger partial charge in [-0.05, 0) is 62.9 Å². The molecule has 1 aromatic heterocycles. The van der Waals surface area contributed by atoms with E-state index >= 15 is 0 Å². The molecule has 2 unspecified atom stereocenters. The van der Waals surface area contributed by atoms with Crippen LogP contribution >= 0.6 is 11.3 Å². The number of benzene rings is 1. The molecule has 0 saturated carbocycles. The minimum Gasteiger partial charge on any atom is -0.496 e. The molecular weight excluding hydrogens is 320 g/mol. The number of hydrogen-bond acceptors (Lipinski definition) is 4. The molecule has 0 spiro atoms. The van der Waals surface area contributed by atoms with Crippen LogP contribution < -0.4 is 9.61 Å². The maximum atomic E-state index is 12.0. The molecule has 2 atom stereocenters. The molecule has 1 saturated heterocycles. The van der Waals surface area contributed by atoms with E-state index in [1.807, 2.05) is 19.1 Å². The first-order chi connectivity index (χ1) is 11.5. The zero-order valence-corrected chi connectivity index (χ0v) is 15.7. The number of ether oxygens (including phenoxy) is 1. The number of nitrogens with one attached hydrogen (secondary N) is 1. The van der Waals surface area contributed by atoms with Crippen LogP contribution in [0.3, 0.4) is 0 Å². The fourth-order valence-corrected chi connectivity index (χ4v) is 4.55. The van der Waals surface area contributed by atoms with Crippen molar-refractivity contribution in [2.75, 3.05) is 7.11 Å². The molecule has 2 aromatic rings. The largest absolute Gasteiger partial charge is 0.496 e. The predicted molar refractivity (Wildman–Crippen MR) is 100.0 cm³/mol. The van der Waals surface area contributed by atoms with E-state index < -0.39 is 0 Å². The first-order valence-electron chi connectivity index (χ1n) is 8.62. The number of likely N-dealkylation sites (tertiary alicyclic amines) is 1. The predicted octanol–water partition coefficient (Wildman–Crippen LogP) is 4.18. The Kier molecular flexibility index (Phi) is 5.11. The molecule has 1 N–H and O–H groups in total. The van der Waals surface area contributed by atoms with Gasteiger partial charge in [0.1, 0.15) is 5.75 Å². The third-order valence-electron chi connectivity index (χ3n) is 5.11. The van der Waals surface area contributed by atoms with Crippen LogP contribution in [0.25, 0.3) is 11.3 Å². The fraction of sp³-hybridized carbons (Fsp3) is 0.526. The van der Waals surface area contributed by atoms with Crippen LogP contribution in [-0.4, -0.2) is 29.1 Å². The molecular formula is C19H26N2O2S. The Morgan fingerprint density at radius 2 is 2.00 bits per heavy atom. The molecule has 1 aliphatic heterocycles. The first kappa shape index (κ1) is 17.2. The van der Waals surface area contributed by atoms with Gasteiger partial charge in [-0.1, -0.05) is 17.8 Å². The van der Waals surface area contributed by atoms with Gasteiger partial charge in [-0.3, -0.25) is 9.69 Å². The summed E-state index contributed by atoms with van der Waals surface area (Å²) >= 11 is 1.34. The molecule has 5 heteroatoms. The van der Waals surface area contributed by atoms with Gasteiger partial charge in [0, 0.05) is 23.5 Å². The zero-order valence-electron chi connectivity index (χ0n) is 14.9. The Labute approximate surface area is 147 Å². The summed E-state index contributed by atoms with van der Waals surface area (Å²) < 4.78 is 5.34. The molecule has 24 heavy (non-hydrogen) atoms. The third-order valence-corrected chi connectivity index (χ3v) is 5.97. The molecule has 2 heterocycles. The monoisotopic (exact) mass is 346 g/mol. The number of piperidine rings is 1. The lowest BCUT2D eigenvalue weighted by Crippen LogP contribution is -2.42. The van der Waals surface area contributed by atoms with Gasteiger partial charge < -0.3 is 9.72 Å². The molecule has 1 aromatic carbocycles. The van der Waals surface area contributed by atoms with Gasteiger partial charge in [-0.15, -0.1) is 0 Å². The van der Waals surface area contributed by atoms with Crippen molar-refractivity contribution >= 4 is 11.3 Å². The van der Waals surface area contributed by atoms with Crippen molar-refractivity contribution in [2.24, 2.45) is 0 Å². The Hall–Kier alpha value is -1.59. The Morgan fingerprint density at radius 1 is 1.29 bits per heavy atom. The highest BCUT2D eigenvalue weighted by atomic mass is 32.1. The van der Waals surface area contributed by atoms with Crippen molar-refractivity contribution in [1.29, 1.82) is 0 Å². The average molecular weight is 346 g/mol. The van der Waals surface area contributed by atoms with Gasteiger partial charge in [-0.2, -0.15) is 0 Å². The van der Waals surface area contributed by atoms with E-state index in [0.29, 0.717) is 12.1 Å². The van der Waals surface area contributed by atoms with E-state index in [0.717, 1.165) is 34.0 Å². The quantitative estimate of drug-likeness (QED) is 0.903. The average Bonchev–Trinajstić information content (AvgIpc) is 2.91. The number of methoxy groups -OCH3 is 1. The molecule has 0 amide bonds. The second-order valence-corrected chi connectivity index (χ2v) is 7.87. The van der Waals surface area contributed by atoms with Crippen LogP contribution in [0.5, 0.6) is 5.75 Å². The molecule has 0 radical (unpaired) electrons. The number of aryl methyl sites for hydroxylation is 1. The summed E-state index contributed by atoms with van der Waals surface area (Å²) in [5, 5.41) is 0. The minimum atomic E-state index is 0.0192. The smallest absolute Gasteiger partial charge is 0.305 e. The standard InChI is InChI=1S/C19H26N2O2S/c1-12-10-15(8-9-16(12)23-4)18-17(24-19(22)20-18)11-21-13(2)6-5-7-14(21)3/h8-10,13-14H,5-7,11H2,1-4H3,(H,20,22). The van der Waals surface area contributed by atoms with Crippen LogP contribution in [0, 0.1) is 6.92 Å². The molecule has 130 valence electrons. The molecule has 1 fully saturated rings. The number of thiazole rings is 1. The number of hydrogen-bond donors (Lipinski definition) is 1. The summed E-state index contributed by atoms with van der Waals surface area (Å²) in [4.78, 5) is 18.7. The number of aromatic amines is 1. The van der Waals surface area contributed by atoms with Crippen LogP contribution in [0.4, 0.5) is 0 Å². The SMILES string of the molecule is COc1ccc(-c2[nH]c(=O)sc2CN2C(C)CCCC2C)cc1C. The summed E-state index contributed by atoms with van der Waals surface area (Å²) in [7, 11) is 1.68. The van der Waals surface area contributed by atoms with E-state index in [4.69, 9.17) is 4.74 Å². The number of rotatable bonds is 4. The summed E-state index contributed by atoms with van der Waals surface area (Å²) in [5.41, 5.74) is 3.09. The van der Waals surface area contributed by atoms with Crippen LogP contribution in [-0.2, 0) is 6.54 Å². The Bertz CT molecular complexity index is 755. The van der Waals surface area contributed by atoms with Gasteiger partial charge in [-0.25, -0.2) is 0 Å². The lowest BCUT2D eigenvalue weighted by molar-refractivity contribution is 0.0965. The van der Waals surface area contributed by atoms with Gasteiger partial charge >= 0.3 is 4.87 Å². The van der Waals surface area contributed by atoms with Gasteiger partial charge in [0.25, 0.3) is 0 Å². The lowest BCUT2D eigenvalue weighted by Gasteiger charge is -2.38. The first-order valence-corrected chi connectivity index (χ1v) is 9.44. The van der Waals surface area contributed by atoms with E-state index in [2.05, 4.69) is 29.8 Å². The fourth-order valence-electron chi connectivity index (χ4n) is 3.69. The van der Waals surface area contributed by atoms with Crippen LogP contribution in [0.15, 0.2) is 23.0 Å². The summed E-state index contributed by atoms with van der Waals surface area (Å²) in [5.74, 6) is 0.871. The number of nitrogens with zero attached hydrogens (tertiary/aromatic N) is 1. The lowest BCUT2D eigenvalue weighted by atomic mass is 9.97. The van der Waals surface area contributed by atoms with Crippen molar-refractivity contribution in [3.63, 3.8) is 0 Å². The van der Waals surface area contributed by atoms with Crippen molar-refractivity contribution in [3.8, 4) is 17.0 Å². The van der Waals surface area contributed by atoms with Crippen molar-refractivity contribution in [1.82, 2.24) is 9.88 Å². The maximum Gasteiger partial charge on any atom is 0.305 e. The number of H-pyrrole nitrogens is 1. The van der Waals surface area contributed by atoms with Crippen molar-refractivity contribution in [2.45, 2.75) is 58.7 Å². The second-order valence-electron chi connectivity index (χ2n) is 6.80. The van der Waals surface area contributed by atoms with E-state index in [-0.39, 0.29) is 4.87 Å². The van der Waals surface area contributed by atoms with Crippen molar-refractivity contribution in [3.05, 3.63) is 38.3 Å². The maximum absolute atomic E-state index is 12.0. The van der Waals surface area contributed by atoms with Gasteiger partial charge in [0.2, 0.25) is 0 Å². The van der Waals surface area contributed by atoms with E-state index in [1.165, 1.54) is 30.6 Å². The van der Waals surface area contributed by atoms with Crippen LogP contribution in [0.2, 0.25) is 0 Å². The summed E-state index contributed by atoms with van der Waals surface area (Å²) in [6.07, 6.45) is 3.77. The molecule has 1 aliphatic rings. The highest BCUT2D eigenvalue weighted by molar-refractivity contribution is 7.09. The van der Waals surface area contributed by atoms with Gasteiger partial charge in [0.15, 0.2) is 0 Å². The van der Waals surface area contributed by atoms with E-state index in [9.17, 15) is 4.79 Å². The topological polar surface area (TPSA) is 45.3 Å². The summed E-state index contributed by atoms with van der Waals surface area (Å²) in [6, 6.07) is 7.21. The molecule has 0 bridgehead atoms. The Morgan fingerprint density at radius 3 is 2.62 bits per heavy atom. The van der Waals surface area contributed by atoms with Crippen molar-refractivity contribution < 1.29 is 4.74 Å². The summed E-state index contributed by atoms with van der Waals surface area (Å²) in [6.45, 7) is 7.46. The molecule has 0 aliphatic carbocycles. The molecule has 3 rings (SSSR count). The van der Waals surface area contributed by atoms with E-state index in [1.54, 1.807) is 7.11 Å². The highest BCUT2D eigenvalue weighted by Gasteiger charge is 2.26. The normalized spacial score (nSPS) is 21.8. The highest BCUT2D eigenvalue weighted by Crippen LogP contribution is 2.31. The molecule has 4 nitrogen and oxygen atoms in total. The third kappa shape index (κ3) is 3.42. The van der Waals surface area contributed by atoms with Gasteiger partial charge in [0.05, 0.1) is 12.8 Å². The van der Waals surface area contributed by atoms with Crippen LogP contribution in [0.1, 0.15) is 43.6 Å². The number of aromatic nitrogens is 1.